The number of ether oxygens (including phenoxy) is 2. The molecule has 1 N–H and O–H groups in total. The molecule has 11 heteroatoms. The maximum Gasteiger partial charge on any atom is 0.343 e. The number of rotatable bonds is 8. The van der Waals surface area contributed by atoms with Gasteiger partial charge in [0.05, 0.1) is 23.3 Å². The summed E-state index contributed by atoms with van der Waals surface area (Å²) in [6, 6.07) is 11.9. The van der Waals surface area contributed by atoms with Crippen molar-refractivity contribution in [2.45, 2.75) is 34.2 Å². The van der Waals surface area contributed by atoms with Crippen molar-refractivity contribution in [3.63, 3.8) is 0 Å². The third-order valence-electron chi connectivity index (χ3n) is 5.24. The second kappa shape index (κ2) is 10.6. The van der Waals surface area contributed by atoms with Gasteiger partial charge in [0.2, 0.25) is 0 Å². The number of hydrogen-bond donors (Lipinski definition) is 1. The third kappa shape index (κ3) is 5.88. The largest absolute Gasteiger partial charge is 0.493 e. The average Bonchev–Trinajstić information content (AvgIpc) is 3.10. The Morgan fingerprint density at radius 1 is 1.09 bits per heavy atom. The minimum Gasteiger partial charge on any atom is -0.493 e. The van der Waals surface area contributed by atoms with Crippen LogP contribution in [0, 0.1) is 30.9 Å². The Bertz CT molecular complexity index is 1310. The molecule has 0 atom stereocenters. The number of aryl methyl sites for hydroxylation is 2. The molecular weight excluding hydrogens is 454 g/mol. The molecule has 11 nitrogen and oxygen atoms in total. The second-order valence-electron chi connectivity index (χ2n) is 7.79. The Labute approximate surface area is 201 Å². The van der Waals surface area contributed by atoms with Crippen LogP contribution in [0.3, 0.4) is 0 Å². The topological polar surface area (TPSA) is 138 Å². The lowest BCUT2D eigenvalue weighted by Crippen LogP contribution is -2.25. The predicted octanol–water partition coefficient (Wildman–Crippen LogP) is 3.48. The Hall–Kier alpha value is -4.54. The van der Waals surface area contributed by atoms with Crippen molar-refractivity contribution in [1.29, 1.82) is 0 Å². The fraction of sp³-hybridized carbons (Fsp3) is 0.250. The molecule has 0 spiro atoms. The molecule has 0 saturated heterocycles. The number of nitrogens with one attached hydrogen (secondary N) is 1. The van der Waals surface area contributed by atoms with Crippen molar-refractivity contribution in [2.24, 2.45) is 5.10 Å². The second-order valence-corrected chi connectivity index (χ2v) is 7.79. The van der Waals surface area contributed by atoms with Crippen LogP contribution in [0.1, 0.15) is 39.8 Å². The van der Waals surface area contributed by atoms with Gasteiger partial charge in [-0.15, -0.1) is 0 Å². The Balaban J connectivity index is 1.69. The molecule has 1 amide bonds. The molecule has 182 valence electrons. The van der Waals surface area contributed by atoms with Crippen molar-refractivity contribution in [2.75, 3.05) is 7.11 Å². The highest BCUT2D eigenvalue weighted by Gasteiger charge is 2.22. The number of carbonyl (C=O) groups is 2. The fourth-order valence-corrected chi connectivity index (χ4v) is 3.31. The molecule has 0 saturated carbocycles. The summed E-state index contributed by atoms with van der Waals surface area (Å²) in [6.45, 7) is 6.42. The third-order valence-corrected chi connectivity index (χ3v) is 5.24. The van der Waals surface area contributed by atoms with Crippen LogP contribution in [-0.4, -0.2) is 39.4 Å². The van der Waals surface area contributed by atoms with Gasteiger partial charge in [-0.25, -0.2) is 10.2 Å². The van der Waals surface area contributed by atoms with E-state index in [0.717, 1.165) is 5.56 Å². The maximum absolute atomic E-state index is 12.4. The fourth-order valence-electron chi connectivity index (χ4n) is 3.31. The molecule has 0 aliphatic carbocycles. The number of hydrogen-bond acceptors (Lipinski definition) is 8. The van der Waals surface area contributed by atoms with Gasteiger partial charge in [-0.2, -0.15) is 10.2 Å². The molecule has 2 aromatic carbocycles. The van der Waals surface area contributed by atoms with Crippen LogP contribution in [0.5, 0.6) is 11.5 Å². The molecule has 3 rings (SSSR count). The first-order chi connectivity index (χ1) is 16.6. The van der Waals surface area contributed by atoms with Crippen LogP contribution in [-0.2, 0) is 11.3 Å². The number of amides is 1. The highest BCUT2D eigenvalue weighted by molar-refractivity contribution is 6.00. The van der Waals surface area contributed by atoms with E-state index in [4.69, 9.17) is 9.47 Å². The molecule has 0 bridgehead atoms. The summed E-state index contributed by atoms with van der Waals surface area (Å²) >= 11 is 0. The number of hydrazone groups is 1. The lowest BCUT2D eigenvalue weighted by atomic mass is 10.1. The molecule has 3 aromatic rings. The van der Waals surface area contributed by atoms with Gasteiger partial charge in [0.25, 0.3) is 5.91 Å². The van der Waals surface area contributed by atoms with Crippen molar-refractivity contribution in [3.8, 4) is 11.5 Å². The van der Waals surface area contributed by atoms with Crippen LogP contribution in [0.4, 0.5) is 5.69 Å². The molecule has 0 fully saturated rings. The van der Waals surface area contributed by atoms with Gasteiger partial charge < -0.3 is 9.47 Å². The van der Waals surface area contributed by atoms with Crippen LogP contribution in [0.2, 0.25) is 0 Å². The number of carbonyl (C=O) groups excluding carboxylic acids is 2. The number of nitrogens with zero attached hydrogens (tertiary/aromatic N) is 4. The van der Waals surface area contributed by atoms with Gasteiger partial charge in [-0.1, -0.05) is 17.7 Å². The first-order valence-electron chi connectivity index (χ1n) is 10.6. The zero-order chi connectivity index (χ0) is 25.7. The van der Waals surface area contributed by atoms with E-state index in [1.165, 1.54) is 25.6 Å². The Kier molecular flexibility index (Phi) is 7.59. The maximum atomic E-state index is 12.4. The van der Waals surface area contributed by atoms with E-state index in [0.29, 0.717) is 22.6 Å². The molecule has 1 aromatic heterocycles. The minimum atomic E-state index is -0.524. The highest BCUT2D eigenvalue weighted by Crippen LogP contribution is 2.29. The first kappa shape index (κ1) is 25.1. The van der Waals surface area contributed by atoms with Gasteiger partial charge in [-0.05, 0) is 58.0 Å². The van der Waals surface area contributed by atoms with Crippen LogP contribution in [0.15, 0.2) is 47.6 Å². The minimum absolute atomic E-state index is 0.118. The molecule has 0 aliphatic rings. The van der Waals surface area contributed by atoms with Gasteiger partial charge in [0, 0.05) is 5.56 Å². The van der Waals surface area contributed by atoms with Gasteiger partial charge in [0.1, 0.15) is 17.9 Å². The summed E-state index contributed by atoms with van der Waals surface area (Å²) in [5, 5.41) is 19.3. The summed E-state index contributed by atoms with van der Waals surface area (Å²) < 4.78 is 12.1. The zero-order valence-corrected chi connectivity index (χ0v) is 20.0. The number of nitro groups is 1. The monoisotopic (exact) mass is 479 g/mol. The van der Waals surface area contributed by atoms with Crippen molar-refractivity contribution >= 4 is 23.3 Å². The van der Waals surface area contributed by atoms with E-state index in [1.54, 1.807) is 37.3 Å². The van der Waals surface area contributed by atoms with Gasteiger partial charge in [-0.3, -0.25) is 19.6 Å². The summed E-state index contributed by atoms with van der Waals surface area (Å²) in [7, 11) is 1.45. The lowest BCUT2D eigenvalue weighted by molar-refractivity contribution is -0.386. The van der Waals surface area contributed by atoms with Crippen molar-refractivity contribution < 1.29 is 24.0 Å². The molecule has 0 radical (unpaired) electrons. The first-order valence-corrected chi connectivity index (χ1v) is 10.6. The van der Waals surface area contributed by atoms with Crippen LogP contribution < -0.4 is 14.9 Å². The average molecular weight is 479 g/mol. The van der Waals surface area contributed by atoms with Crippen LogP contribution in [0.25, 0.3) is 0 Å². The quantitative estimate of drug-likeness (QED) is 0.172. The number of esters is 1. The summed E-state index contributed by atoms with van der Waals surface area (Å²) in [6.07, 6.45) is 0. The van der Waals surface area contributed by atoms with Gasteiger partial charge in [0.15, 0.2) is 11.5 Å². The van der Waals surface area contributed by atoms with E-state index in [2.05, 4.69) is 15.6 Å². The molecule has 0 unspecified atom stereocenters. The summed E-state index contributed by atoms with van der Waals surface area (Å²) in [5.41, 5.74) is 5.34. The molecule has 35 heavy (non-hydrogen) atoms. The number of methoxy groups -OCH3 is 1. The van der Waals surface area contributed by atoms with Crippen molar-refractivity contribution in [1.82, 2.24) is 15.2 Å². The van der Waals surface area contributed by atoms with Crippen LogP contribution >= 0.6 is 0 Å². The SMILES string of the molecule is COc1cc(/C(C)=N/NC(=O)Cn2nc(C)c([N+](=O)[O-])c2C)ccc1OC(=O)c1ccc(C)cc1. The van der Waals surface area contributed by atoms with E-state index in [1.807, 2.05) is 19.1 Å². The molecule has 1 heterocycles. The van der Waals surface area contributed by atoms with Gasteiger partial charge >= 0.3 is 11.7 Å². The number of benzene rings is 2. The van der Waals surface area contributed by atoms with E-state index >= 15 is 0 Å². The standard InChI is InChI=1S/C24H25N5O6/c1-14-6-8-18(9-7-14)24(31)35-20-11-10-19(12-21(20)34-5)15(2)25-26-22(30)13-28-17(4)23(29(32)33)16(3)27-28/h6-12H,13H2,1-5H3,(H,26,30)/b25-15+. The smallest absolute Gasteiger partial charge is 0.343 e. The van der Waals surface area contributed by atoms with E-state index in [-0.39, 0.29) is 29.4 Å². The summed E-state index contributed by atoms with van der Waals surface area (Å²) in [4.78, 5) is 35.3. The lowest BCUT2D eigenvalue weighted by Gasteiger charge is -2.11. The normalized spacial score (nSPS) is 11.2. The van der Waals surface area contributed by atoms with E-state index in [9.17, 15) is 19.7 Å². The molecule has 0 aliphatic heterocycles. The summed E-state index contributed by atoms with van der Waals surface area (Å²) in [5.74, 6) is -0.456. The Morgan fingerprint density at radius 3 is 2.34 bits per heavy atom. The predicted molar refractivity (Wildman–Crippen MR) is 128 cm³/mol. The Morgan fingerprint density at radius 2 is 1.74 bits per heavy atom. The molecular formula is C24H25N5O6. The zero-order valence-electron chi connectivity index (χ0n) is 20.0. The number of aromatic nitrogens is 2. The highest BCUT2D eigenvalue weighted by atomic mass is 16.6. The van der Waals surface area contributed by atoms with E-state index < -0.39 is 16.8 Å². The van der Waals surface area contributed by atoms with Crippen molar-refractivity contribution in [3.05, 3.63) is 80.7 Å².